The Kier molecular flexibility index (Phi) is 3.54. The molecular formula is C12H18ClN3. The van der Waals surface area contributed by atoms with E-state index in [-0.39, 0.29) is 0 Å². The maximum atomic E-state index is 6.08. The first kappa shape index (κ1) is 11.5. The number of nitrogen functional groups attached to an aromatic ring is 1. The third kappa shape index (κ3) is 2.59. The summed E-state index contributed by atoms with van der Waals surface area (Å²) in [5.41, 5.74) is 6.21. The van der Waals surface area contributed by atoms with Gasteiger partial charge in [-0.25, -0.2) is 4.98 Å². The van der Waals surface area contributed by atoms with Gasteiger partial charge in [-0.05, 0) is 31.7 Å². The van der Waals surface area contributed by atoms with Crippen molar-refractivity contribution in [3.63, 3.8) is 0 Å². The molecule has 0 amide bonds. The Labute approximate surface area is 101 Å². The molecule has 3 N–H and O–H groups in total. The number of nitrogens with one attached hydrogen (secondary N) is 1. The molecule has 1 unspecified atom stereocenters. The van der Waals surface area contributed by atoms with Crippen molar-refractivity contribution in [3.8, 4) is 0 Å². The van der Waals surface area contributed by atoms with Gasteiger partial charge in [0.1, 0.15) is 5.82 Å². The SMILES string of the molecule is CC(Nc1ncc(N)cc1Cl)C1CCCC1. The minimum absolute atomic E-state index is 0.427. The van der Waals surface area contributed by atoms with E-state index in [1.54, 1.807) is 12.3 Å². The molecule has 88 valence electrons. The largest absolute Gasteiger partial charge is 0.397 e. The van der Waals surface area contributed by atoms with Gasteiger partial charge in [0.05, 0.1) is 16.9 Å². The molecule has 0 aliphatic heterocycles. The Balaban J connectivity index is 2.02. The van der Waals surface area contributed by atoms with Crippen molar-refractivity contribution in [2.24, 2.45) is 5.92 Å². The Morgan fingerprint density at radius 2 is 2.19 bits per heavy atom. The van der Waals surface area contributed by atoms with Crippen LogP contribution in [0.1, 0.15) is 32.6 Å². The Morgan fingerprint density at radius 1 is 1.50 bits per heavy atom. The maximum Gasteiger partial charge on any atom is 0.145 e. The molecule has 0 aromatic carbocycles. The molecule has 1 aromatic rings. The number of hydrogen-bond acceptors (Lipinski definition) is 3. The van der Waals surface area contributed by atoms with Crippen molar-refractivity contribution >= 4 is 23.1 Å². The van der Waals surface area contributed by atoms with Crippen LogP contribution in [-0.4, -0.2) is 11.0 Å². The molecule has 3 nitrogen and oxygen atoms in total. The van der Waals surface area contributed by atoms with Gasteiger partial charge >= 0.3 is 0 Å². The van der Waals surface area contributed by atoms with E-state index in [1.165, 1.54) is 25.7 Å². The number of nitrogens with zero attached hydrogens (tertiary/aromatic N) is 1. The van der Waals surface area contributed by atoms with Crippen LogP contribution in [0.2, 0.25) is 5.02 Å². The van der Waals surface area contributed by atoms with Gasteiger partial charge in [-0.15, -0.1) is 0 Å². The van der Waals surface area contributed by atoms with Gasteiger partial charge in [0.15, 0.2) is 0 Å². The molecule has 1 heterocycles. The third-order valence-corrected chi connectivity index (χ3v) is 3.62. The number of hydrogen-bond donors (Lipinski definition) is 2. The smallest absolute Gasteiger partial charge is 0.145 e. The van der Waals surface area contributed by atoms with Gasteiger partial charge in [0.25, 0.3) is 0 Å². The van der Waals surface area contributed by atoms with Crippen LogP contribution in [0.5, 0.6) is 0 Å². The predicted octanol–water partition coefficient (Wildman–Crippen LogP) is 3.31. The zero-order chi connectivity index (χ0) is 11.5. The molecule has 16 heavy (non-hydrogen) atoms. The highest BCUT2D eigenvalue weighted by Gasteiger charge is 2.22. The average molecular weight is 240 g/mol. The molecule has 1 aliphatic carbocycles. The van der Waals surface area contributed by atoms with Crippen molar-refractivity contribution in [3.05, 3.63) is 17.3 Å². The van der Waals surface area contributed by atoms with Gasteiger partial charge in [0.2, 0.25) is 0 Å². The van der Waals surface area contributed by atoms with Gasteiger partial charge in [-0.1, -0.05) is 24.4 Å². The van der Waals surface area contributed by atoms with Crippen LogP contribution in [0.15, 0.2) is 12.3 Å². The van der Waals surface area contributed by atoms with Crippen molar-refractivity contribution in [2.45, 2.75) is 38.6 Å². The van der Waals surface area contributed by atoms with Crippen molar-refractivity contribution < 1.29 is 0 Å². The van der Waals surface area contributed by atoms with E-state index in [9.17, 15) is 0 Å². The van der Waals surface area contributed by atoms with E-state index in [4.69, 9.17) is 17.3 Å². The summed E-state index contributed by atoms with van der Waals surface area (Å²) in [6, 6.07) is 2.16. The number of anilines is 2. The molecule has 1 fully saturated rings. The van der Waals surface area contributed by atoms with Crippen LogP contribution >= 0.6 is 11.6 Å². The minimum Gasteiger partial charge on any atom is -0.397 e. The van der Waals surface area contributed by atoms with Crippen molar-refractivity contribution in [2.75, 3.05) is 11.1 Å². The molecule has 1 atom stereocenters. The summed E-state index contributed by atoms with van der Waals surface area (Å²) in [6.07, 6.45) is 6.94. The Hall–Kier alpha value is -0.960. The van der Waals surface area contributed by atoms with Crippen LogP contribution in [0, 0.1) is 5.92 Å². The maximum absolute atomic E-state index is 6.08. The van der Waals surface area contributed by atoms with E-state index < -0.39 is 0 Å². The molecule has 0 radical (unpaired) electrons. The number of halogens is 1. The van der Waals surface area contributed by atoms with Crippen LogP contribution < -0.4 is 11.1 Å². The summed E-state index contributed by atoms with van der Waals surface area (Å²) in [5, 5.41) is 3.98. The second-order valence-corrected chi connectivity index (χ2v) is 4.98. The number of aromatic nitrogens is 1. The summed E-state index contributed by atoms with van der Waals surface area (Å²) in [7, 11) is 0. The van der Waals surface area contributed by atoms with Gasteiger partial charge in [-0.2, -0.15) is 0 Å². The zero-order valence-electron chi connectivity index (χ0n) is 9.54. The fourth-order valence-corrected chi connectivity index (χ4v) is 2.58. The highest BCUT2D eigenvalue weighted by Crippen LogP contribution is 2.30. The Bertz CT molecular complexity index is 361. The summed E-state index contributed by atoms with van der Waals surface area (Å²) in [5.74, 6) is 1.49. The van der Waals surface area contributed by atoms with Crippen LogP contribution in [0.3, 0.4) is 0 Å². The molecule has 0 spiro atoms. The minimum atomic E-state index is 0.427. The quantitative estimate of drug-likeness (QED) is 0.851. The van der Waals surface area contributed by atoms with Crippen LogP contribution in [0.25, 0.3) is 0 Å². The second-order valence-electron chi connectivity index (χ2n) is 4.58. The molecule has 1 aliphatic rings. The lowest BCUT2D eigenvalue weighted by molar-refractivity contribution is 0.481. The normalized spacial score (nSPS) is 18.6. The second kappa shape index (κ2) is 4.91. The highest BCUT2D eigenvalue weighted by atomic mass is 35.5. The van der Waals surface area contributed by atoms with Gasteiger partial charge in [-0.3, -0.25) is 0 Å². The number of rotatable bonds is 3. The van der Waals surface area contributed by atoms with E-state index in [1.807, 2.05) is 0 Å². The lowest BCUT2D eigenvalue weighted by Gasteiger charge is -2.21. The Morgan fingerprint density at radius 3 is 2.81 bits per heavy atom. The van der Waals surface area contributed by atoms with Crippen LogP contribution in [0.4, 0.5) is 11.5 Å². The van der Waals surface area contributed by atoms with Gasteiger partial charge < -0.3 is 11.1 Å². The molecule has 1 aromatic heterocycles. The predicted molar refractivity (Wildman–Crippen MR) is 68.7 cm³/mol. The fourth-order valence-electron chi connectivity index (χ4n) is 2.35. The van der Waals surface area contributed by atoms with Crippen molar-refractivity contribution in [1.29, 1.82) is 0 Å². The first-order valence-corrected chi connectivity index (χ1v) is 6.22. The lowest BCUT2D eigenvalue weighted by atomic mass is 10.00. The average Bonchev–Trinajstić information content (AvgIpc) is 2.75. The third-order valence-electron chi connectivity index (χ3n) is 3.33. The summed E-state index contributed by atoms with van der Waals surface area (Å²) in [4.78, 5) is 4.22. The van der Waals surface area contributed by atoms with Crippen LogP contribution in [-0.2, 0) is 0 Å². The van der Waals surface area contributed by atoms with Crippen molar-refractivity contribution in [1.82, 2.24) is 4.98 Å². The molecular weight excluding hydrogens is 222 g/mol. The first-order valence-electron chi connectivity index (χ1n) is 5.84. The number of pyridine rings is 1. The molecule has 2 rings (SSSR count). The molecule has 0 saturated heterocycles. The standard InChI is InChI=1S/C12H18ClN3/c1-8(9-4-2-3-5-9)16-12-11(13)6-10(14)7-15-12/h6-9H,2-5,14H2,1H3,(H,15,16). The van der Waals surface area contributed by atoms with E-state index in [2.05, 4.69) is 17.2 Å². The monoisotopic (exact) mass is 239 g/mol. The number of nitrogens with two attached hydrogens (primary N) is 1. The van der Waals surface area contributed by atoms with E-state index in [0.717, 1.165) is 11.7 Å². The first-order chi connectivity index (χ1) is 7.66. The summed E-state index contributed by atoms with van der Waals surface area (Å²) >= 11 is 6.08. The molecule has 1 saturated carbocycles. The van der Waals surface area contributed by atoms with E-state index in [0.29, 0.717) is 16.8 Å². The lowest BCUT2D eigenvalue weighted by Crippen LogP contribution is -2.24. The molecule has 0 bridgehead atoms. The highest BCUT2D eigenvalue weighted by molar-refractivity contribution is 6.33. The zero-order valence-corrected chi connectivity index (χ0v) is 10.3. The topological polar surface area (TPSA) is 50.9 Å². The van der Waals surface area contributed by atoms with E-state index >= 15 is 0 Å². The summed E-state index contributed by atoms with van der Waals surface area (Å²) in [6.45, 7) is 2.20. The fraction of sp³-hybridized carbons (Fsp3) is 0.583. The summed E-state index contributed by atoms with van der Waals surface area (Å²) < 4.78 is 0. The molecule has 4 heteroatoms. The van der Waals surface area contributed by atoms with Gasteiger partial charge in [0, 0.05) is 6.04 Å².